The maximum Gasteiger partial charge on any atom is 0.240 e. The van der Waals surface area contributed by atoms with E-state index in [4.69, 9.17) is 9.52 Å². The molecule has 1 unspecified atom stereocenters. The first kappa shape index (κ1) is 16.2. The molecule has 1 fully saturated rings. The summed E-state index contributed by atoms with van der Waals surface area (Å²) in [5.41, 5.74) is 1.48. The minimum Gasteiger partial charge on any atom is -0.449 e. The van der Waals surface area contributed by atoms with Crippen molar-refractivity contribution in [3.63, 3.8) is 0 Å². The summed E-state index contributed by atoms with van der Waals surface area (Å²) in [6.07, 6.45) is 4.01. The first-order valence-electron chi connectivity index (χ1n) is 7.65. The van der Waals surface area contributed by atoms with Gasteiger partial charge in [0.15, 0.2) is 5.89 Å². The van der Waals surface area contributed by atoms with Crippen LogP contribution in [-0.4, -0.2) is 31.2 Å². The van der Waals surface area contributed by atoms with Gasteiger partial charge in [-0.25, -0.2) is 18.1 Å². The van der Waals surface area contributed by atoms with Gasteiger partial charge in [-0.1, -0.05) is 12.1 Å². The van der Waals surface area contributed by atoms with Gasteiger partial charge in [0.2, 0.25) is 10.0 Å². The molecule has 2 aromatic rings. The zero-order valence-corrected chi connectivity index (χ0v) is 13.7. The molecule has 1 aromatic heterocycles. The third kappa shape index (κ3) is 3.80. The lowest BCUT2D eigenvalue weighted by Gasteiger charge is -2.17. The normalized spacial score (nSPS) is 16.4. The number of aliphatic hydroxyl groups excluding tert-OH is 1. The molecule has 0 spiro atoms. The van der Waals surface area contributed by atoms with E-state index in [1.165, 1.54) is 0 Å². The van der Waals surface area contributed by atoms with E-state index in [1.54, 1.807) is 37.5 Å². The van der Waals surface area contributed by atoms with Crippen molar-refractivity contribution < 1.29 is 17.9 Å². The molecule has 1 aliphatic carbocycles. The van der Waals surface area contributed by atoms with E-state index in [-0.39, 0.29) is 17.5 Å². The molecule has 23 heavy (non-hydrogen) atoms. The predicted octanol–water partition coefficient (Wildman–Crippen LogP) is 2.09. The number of nitrogens with one attached hydrogen (secondary N) is 1. The number of aryl methyl sites for hydroxylation is 1. The summed E-state index contributed by atoms with van der Waals surface area (Å²) in [5.74, 6) is 0.906. The maximum absolute atomic E-state index is 12.5. The first-order valence-corrected chi connectivity index (χ1v) is 9.13. The zero-order chi connectivity index (χ0) is 16.4. The second-order valence-corrected chi connectivity index (χ2v) is 7.57. The van der Waals surface area contributed by atoms with Gasteiger partial charge in [0.1, 0.15) is 12.0 Å². The third-order valence-corrected chi connectivity index (χ3v) is 5.52. The Kier molecular flexibility index (Phi) is 4.52. The molecule has 0 bridgehead atoms. The van der Waals surface area contributed by atoms with Crippen LogP contribution in [0.4, 0.5) is 0 Å². The summed E-state index contributed by atoms with van der Waals surface area (Å²) in [4.78, 5) is 4.43. The molecule has 7 heteroatoms. The molecule has 124 valence electrons. The fraction of sp³-hybridized carbons (Fsp3) is 0.438. The number of hydrogen-bond acceptors (Lipinski definition) is 5. The SMILES string of the molecule is Cc1nc(-c2ccc(S(=O)(=O)NC(CCO)C3CC3)cc2)co1. The van der Waals surface area contributed by atoms with Gasteiger partial charge in [0, 0.05) is 25.1 Å². The molecule has 0 saturated heterocycles. The standard InChI is InChI=1S/C16H20N2O4S/c1-11-17-16(10-22-11)13-4-6-14(7-5-13)23(20,21)18-15(8-9-19)12-2-3-12/h4-7,10,12,15,18-19H,2-3,8-9H2,1H3. The molecule has 1 saturated carbocycles. The van der Waals surface area contributed by atoms with E-state index in [9.17, 15) is 8.42 Å². The molecule has 1 heterocycles. The van der Waals surface area contributed by atoms with E-state index < -0.39 is 10.0 Å². The van der Waals surface area contributed by atoms with E-state index in [2.05, 4.69) is 9.71 Å². The van der Waals surface area contributed by atoms with E-state index in [1.807, 2.05) is 0 Å². The molecule has 0 radical (unpaired) electrons. The van der Waals surface area contributed by atoms with Crippen LogP contribution in [0.25, 0.3) is 11.3 Å². The van der Waals surface area contributed by atoms with E-state index >= 15 is 0 Å². The van der Waals surface area contributed by atoms with Gasteiger partial charge in [-0.15, -0.1) is 0 Å². The predicted molar refractivity (Wildman–Crippen MR) is 85.2 cm³/mol. The van der Waals surface area contributed by atoms with Gasteiger partial charge in [-0.05, 0) is 37.3 Å². The molecule has 2 N–H and O–H groups in total. The van der Waals surface area contributed by atoms with Crippen LogP contribution in [0.5, 0.6) is 0 Å². The van der Waals surface area contributed by atoms with Crippen molar-refractivity contribution in [1.82, 2.24) is 9.71 Å². The van der Waals surface area contributed by atoms with Crippen LogP contribution in [-0.2, 0) is 10.0 Å². The van der Waals surface area contributed by atoms with Crippen molar-refractivity contribution in [2.75, 3.05) is 6.61 Å². The van der Waals surface area contributed by atoms with Crippen LogP contribution in [0.1, 0.15) is 25.2 Å². The lowest BCUT2D eigenvalue weighted by Crippen LogP contribution is -2.37. The van der Waals surface area contributed by atoms with Crippen LogP contribution in [0.15, 0.2) is 39.8 Å². The molecule has 1 atom stereocenters. The van der Waals surface area contributed by atoms with Crippen LogP contribution in [0, 0.1) is 12.8 Å². The third-order valence-electron chi connectivity index (χ3n) is 4.02. The highest BCUT2D eigenvalue weighted by Crippen LogP contribution is 2.34. The minimum absolute atomic E-state index is 0.0197. The molecule has 6 nitrogen and oxygen atoms in total. The summed E-state index contributed by atoms with van der Waals surface area (Å²) in [6, 6.07) is 6.35. The Hall–Kier alpha value is -1.70. The monoisotopic (exact) mass is 336 g/mol. The number of aliphatic hydroxyl groups is 1. The average molecular weight is 336 g/mol. The summed E-state index contributed by atoms with van der Waals surface area (Å²) in [5, 5.41) is 9.09. The van der Waals surface area contributed by atoms with Gasteiger partial charge in [-0.3, -0.25) is 0 Å². The summed E-state index contributed by atoms with van der Waals surface area (Å²) >= 11 is 0. The minimum atomic E-state index is -3.59. The van der Waals surface area contributed by atoms with Gasteiger partial charge in [0.25, 0.3) is 0 Å². The van der Waals surface area contributed by atoms with Gasteiger partial charge >= 0.3 is 0 Å². The first-order chi connectivity index (χ1) is 11.0. The zero-order valence-electron chi connectivity index (χ0n) is 12.9. The average Bonchev–Trinajstić information content (AvgIpc) is 3.28. The molecule has 3 rings (SSSR count). The fourth-order valence-corrected chi connectivity index (χ4v) is 3.94. The number of nitrogens with zero attached hydrogens (tertiary/aromatic N) is 1. The van der Waals surface area contributed by atoms with Gasteiger partial charge in [-0.2, -0.15) is 0 Å². The highest BCUT2D eigenvalue weighted by molar-refractivity contribution is 7.89. The molecular formula is C16H20N2O4S. The number of aromatic nitrogens is 1. The number of benzene rings is 1. The summed E-state index contributed by atoms with van der Waals surface area (Å²) < 4.78 is 32.8. The highest BCUT2D eigenvalue weighted by atomic mass is 32.2. The molecular weight excluding hydrogens is 316 g/mol. The lowest BCUT2D eigenvalue weighted by molar-refractivity contribution is 0.265. The molecule has 1 aromatic carbocycles. The lowest BCUT2D eigenvalue weighted by atomic mass is 10.1. The van der Waals surface area contributed by atoms with E-state index in [0.29, 0.717) is 23.9 Å². The van der Waals surface area contributed by atoms with E-state index in [0.717, 1.165) is 18.4 Å². The number of oxazole rings is 1. The van der Waals surface area contributed by atoms with Crippen LogP contribution < -0.4 is 4.72 Å². The Labute approximate surface area is 135 Å². The number of sulfonamides is 1. The molecule has 0 aliphatic heterocycles. The Morgan fingerprint density at radius 2 is 2.04 bits per heavy atom. The van der Waals surface area contributed by atoms with Crippen LogP contribution in [0.3, 0.4) is 0 Å². The van der Waals surface area contributed by atoms with Crippen molar-refractivity contribution in [1.29, 1.82) is 0 Å². The Morgan fingerprint density at radius 1 is 1.35 bits per heavy atom. The van der Waals surface area contributed by atoms with Crippen molar-refractivity contribution in [2.45, 2.75) is 37.1 Å². The summed E-state index contributed by atoms with van der Waals surface area (Å²) in [7, 11) is -3.59. The highest BCUT2D eigenvalue weighted by Gasteiger charge is 2.33. The second-order valence-electron chi connectivity index (χ2n) is 5.85. The van der Waals surface area contributed by atoms with Crippen LogP contribution >= 0.6 is 0 Å². The summed E-state index contributed by atoms with van der Waals surface area (Å²) in [6.45, 7) is 1.74. The van der Waals surface area contributed by atoms with Crippen molar-refractivity contribution in [2.24, 2.45) is 5.92 Å². The smallest absolute Gasteiger partial charge is 0.240 e. The van der Waals surface area contributed by atoms with Crippen molar-refractivity contribution >= 4 is 10.0 Å². The number of hydrogen-bond donors (Lipinski definition) is 2. The maximum atomic E-state index is 12.5. The Bertz CT molecular complexity index is 764. The van der Waals surface area contributed by atoms with Crippen LogP contribution in [0.2, 0.25) is 0 Å². The van der Waals surface area contributed by atoms with Crippen molar-refractivity contribution in [3.05, 3.63) is 36.4 Å². The Balaban J connectivity index is 1.77. The topological polar surface area (TPSA) is 92.4 Å². The second kappa shape index (κ2) is 6.43. The largest absolute Gasteiger partial charge is 0.449 e. The quantitative estimate of drug-likeness (QED) is 0.808. The Morgan fingerprint density at radius 3 is 2.57 bits per heavy atom. The van der Waals surface area contributed by atoms with Gasteiger partial charge < -0.3 is 9.52 Å². The van der Waals surface area contributed by atoms with Crippen molar-refractivity contribution in [3.8, 4) is 11.3 Å². The fourth-order valence-electron chi connectivity index (χ4n) is 2.60. The molecule has 0 amide bonds. The molecule has 1 aliphatic rings. The van der Waals surface area contributed by atoms with Gasteiger partial charge in [0.05, 0.1) is 4.90 Å². The number of rotatable bonds is 7.